The molecule has 1 aliphatic heterocycles. The minimum atomic E-state index is -1.21. The van der Waals surface area contributed by atoms with Crippen molar-refractivity contribution in [1.29, 1.82) is 0 Å². The molecule has 166 valence electrons. The van der Waals surface area contributed by atoms with Crippen molar-refractivity contribution in [3.63, 3.8) is 0 Å². The lowest BCUT2D eigenvalue weighted by Gasteiger charge is -2.18. The van der Waals surface area contributed by atoms with Crippen LogP contribution < -0.4 is 21.7 Å². The first-order valence-electron chi connectivity index (χ1n) is 10.1. The summed E-state index contributed by atoms with van der Waals surface area (Å²) < 4.78 is 4.85. The van der Waals surface area contributed by atoms with Crippen molar-refractivity contribution in [2.75, 3.05) is 26.2 Å². The molecule has 1 heterocycles. The van der Waals surface area contributed by atoms with Gasteiger partial charge in [-0.3, -0.25) is 9.59 Å². The molecule has 0 radical (unpaired) electrons. The maximum absolute atomic E-state index is 12.6. The van der Waals surface area contributed by atoms with Crippen LogP contribution in [0.1, 0.15) is 24.8 Å². The molecule has 1 fully saturated rings. The Balaban J connectivity index is 1.83. The number of aliphatic carboxylic acids is 1. The molecule has 1 aliphatic rings. The van der Waals surface area contributed by atoms with Gasteiger partial charge in [-0.2, -0.15) is 0 Å². The first-order chi connectivity index (χ1) is 14.4. The summed E-state index contributed by atoms with van der Waals surface area (Å²) in [7, 11) is 0. The van der Waals surface area contributed by atoms with Crippen molar-refractivity contribution < 1.29 is 29.3 Å². The highest BCUT2D eigenvalue weighted by molar-refractivity contribution is 5.95. The number of benzene rings is 1. The summed E-state index contributed by atoms with van der Waals surface area (Å²) in [6.07, 6.45) is 0.629. The van der Waals surface area contributed by atoms with Gasteiger partial charge in [-0.1, -0.05) is 12.1 Å². The summed E-state index contributed by atoms with van der Waals surface area (Å²) >= 11 is 0. The van der Waals surface area contributed by atoms with Crippen LogP contribution in [-0.2, 0) is 25.5 Å². The lowest BCUT2D eigenvalue weighted by molar-refractivity contribution is -0.138. The number of unbranched alkanes of at least 4 members (excludes halogenated alkanes) is 1. The Hall–Kier alpha value is -2.69. The number of ether oxygens (including phenoxy) is 1. The number of rotatable bonds is 14. The van der Waals surface area contributed by atoms with Crippen molar-refractivity contribution in [3.8, 4) is 5.75 Å². The summed E-state index contributed by atoms with van der Waals surface area (Å²) in [5.74, 6) is -2.12. The first-order valence-corrected chi connectivity index (χ1v) is 10.1. The summed E-state index contributed by atoms with van der Waals surface area (Å²) in [4.78, 5) is 35.7. The largest absolute Gasteiger partial charge is 0.508 e. The second-order valence-electron chi connectivity index (χ2n) is 7.14. The summed E-state index contributed by atoms with van der Waals surface area (Å²) in [6, 6.07) is 5.40. The van der Waals surface area contributed by atoms with Gasteiger partial charge < -0.3 is 36.6 Å². The molecule has 1 aromatic carbocycles. The number of nitrogens with two attached hydrogens (primary N) is 1. The highest BCUT2D eigenvalue weighted by Gasteiger charge is 2.51. The number of hydrogen-bond acceptors (Lipinski definition) is 7. The smallest absolute Gasteiger partial charge is 0.336 e. The lowest BCUT2D eigenvalue weighted by Crippen LogP contribution is -2.50. The van der Waals surface area contributed by atoms with E-state index in [2.05, 4.69) is 16.0 Å². The Kier molecular flexibility index (Phi) is 9.52. The molecule has 30 heavy (non-hydrogen) atoms. The Bertz CT molecular complexity index is 712. The monoisotopic (exact) mass is 422 g/mol. The Morgan fingerprint density at radius 1 is 1.03 bits per heavy atom. The standard InChI is InChI=1S/C20H30N4O6/c21-8-1-2-9-22-10-3-11-23-18(26)15(12-13-4-6-14(25)7-5-13)24-19(27)16-17(30-16)20(28)29/h4-7,15-17,22,25H,1-3,8-12,21H2,(H,23,26)(H,24,27)(H,28,29). The zero-order valence-corrected chi connectivity index (χ0v) is 16.8. The molecule has 2 rings (SSSR count). The summed E-state index contributed by atoms with van der Waals surface area (Å²) in [6.45, 7) is 2.72. The van der Waals surface area contributed by atoms with Gasteiger partial charge in [-0.15, -0.1) is 0 Å². The van der Waals surface area contributed by atoms with Crippen molar-refractivity contribution in [3.05, 3.63) is 29.8 Å². The van der Waals surface area contributed by atoms with Gasteiger partial charge >= 0.3 is 5.97 Å². The van der Waals surface area contributed by atoms with Crippen LogP contribution >= 0.6 is 0 Å². The van der Waals surface area contributed by atoms with E-state index in [4.69, 9.17) is 15.6 Å². The number of phenolic OH excluding ortho intramolecular Hbond substituents is 1. The van der Waals surface area contributed by atoms with Crippen LogP contribution in [0.2, 0.25) is 0 Å². The van der Waals surface area contributed by atoms with Gasteiger partial charge in [0.05, 0.1) is 0 Å². The average molecular weight is 422 g/mol. The zero-order valence-electron chi connectivity index (χ0n) is 16.8. The molecule has 2 amide bonds. The fraction of sp³-hybridized carbons (Fsp3) is 0.550. The predicted octanol–water partition coefficient (Wildman–Crippen LogP) is -0.894. The molecule has 0 aromatic heterocycles. The number of hydrogen-bond donors (Lipinski definition) is 6. The molecule has 3 atom stereocenters. The summed E-state index contributed by atoms with van der Waals surface area (Å²) in [5.41, 5.74) is 6.18. The van der Waals surface area contributed by atoms with Crippen molar-refractivity contribution in [2.24, 2.45) is 5.73 Å². The number of carbonyl (C=O) groups excluding carboxylic acids is 2. The molecular formula is C20H30N4O6. The van der Waals surface area contributed by atoms with Gasteiger partial charge in [0, 0.05) is 13.0 Å². The van der Waals surface area contributed by atoms with Crippen LogP contribution in [0, 0.1) is 0 Å². The second-order valence-corrected chi connectivity index (χ2v) is 7.14. The highest BCUT2D eigenvalue weighted by Crippen LogP contribution is 2.22. The van der Waals surface area contributed by atoms with Gasteiger partial charge in [0.2, 0.25) is 5.91 Å². The molecule has 3 unspecified atom stereocenters. The zero-order chi connectivity index (χ0) is 21.9. The third-order valence-corrected chi connectivity index (χ3v) is 4.64. The maximum atomic E-state index is 12.6. The molecule has 10 heteroatoms. The third-order valence-electron chi connectivity index (χ3n) is 4.64. The highest BCUT2D eigenvalue weighted by atomic mass is 16.6. The SMILES string of the molecule is NCCCCNCCCNC(=O)C(Cc1ccc(O)cc1)NC(=O)C1OC1C(=O)O. The molecule has 0 saturated carbocycles. The van der Waals surface area contributed by atoms with Crippen molar-refractivity contribution >= 4 is 17.8 Å². The molecule has 1 aromatic rings. The number of nitrogens with one attached hydrogen (secondary N) is 3. The number of carbonyl (C=O) groups is 3. The quantitative estimate of drug-likeness (QED) is 0.166. The van der Waals surface area contributed by atoms with Gasteiger partial charge in [0.25, 0.3) is 5.91 Å². The van der Waals surface area contributed by atoms with E-state index in [1.165, 1.54) is 12.1 Å². The van der Waals surface area contributed by atoms with E-state index < -0.39 is 30.1 Å². The van der Waals surface area contributed by atoms with Crippen molar-refractivity contribution in [2.45, 2.75) is 43.9 Å². The van der Waals surface area contributed by atoms with Crippen molar-refractivity contribution in [1.82, 2.24) is 16.0 Å². The number of carboxylic acid groups (broad SMARTS) is 1. The molecule has 10 nitrogen and oxygen atoms in total. The minimum Gasteiger partial charge on any atom is -0.508 e. The van der Waals surface area contributed by atoms with E-state index in [1.807, 2.05) is 0 Å². The minimum absolute atomic E-state index is 0.0958. The number of amides is 2. The number of phenols is 1. The molecule has 0 spiro atoms. The second kappa shape index (κ2) is 12.1. The molecule has 0 aliphatic carbocycles. The molecule has 0 bridgehead atoms. The van der Waals surface area contributed by atoms with E-state index in [0.717, 1.165) is 37.9 Å². The number of epoxide rings is 1. The maximum Gasteiger partial charge on any atom is 0.336 e. The number of aromatic hydroxyl groups is 1. The fourth-order valence-corrected chi connectivity index (χ4v) is 2.90. The van der Waals surface area contributed by atoms with E-state index in [-0.39, 0.29) is 18.1 Å². The van der Waals surface area contributed by atoms with E-state index >= 15 is 0 Å². The Labute approximate surface area is 175 Å². The predicted molar refractivity (Wildman–Crippen MR) is 109 cm³/mol. The third kappa shape index (κ3) is 7.97. The number of carboxylic acids is 1. The van der Waals surface area contributed by atoms with Crippen LogP contribution in [0.15, 0.2) is 24.3 Å². The van der Waals surface area contributed by atoms with Gasteiger partial charge in [0.1, 0.15) is 11.8 Å². The van der Waals surface area contributed by atoms with Gasteiger partial charge in [-0.25, -0.2) is 4.79 Å². The molecular weight excluding hydrogens is 392 g/mol. The van der Waals surface area contributed by atoms with Gasteiger partial charge in [0.15, 0.2) is 12.2 Å². The molecule has 7 N–H and O–H groups in total. The average Bonchev–Trinajstić information content (AvgIpc) is 3.52. The fourth-order valence-electron chi connectivity index (χ4n) is 2.90. The van der Waals surface area contributed by atoms with E-state index in [9.17, 15) is 19.5 Å². The molecule has 1 saturated heterocycles. The Morgan fingerprint density at radius 3 is 2.37 bits per heavy atom. The first kappa shape index (κ1) is 23.6. The topological polar surface area (TPSA) is 166 Å². The lowest BCUT2D eigenvalue weighted by atomic mass is 10.0. The van der Waals surface area contributed by atoms with Crippen LogP contribution in [-0.4, -0.2) is 72.4 Å². The van der Waals surface area contributed by atoms with Crippen LogP contribution in [0.5, 0.6) is 5.75 Å². The summed E-state index contributed by atoms with van der Waals surface area (Å²) in [5, 5.41) is 26.9. The normalized spacial score (nSPS) is 18.4. The van der Waals surface area contributed by atoms with E-state index in [1.54, 1.807) is 12.1 Å². The van der Waals surface area contributed by atoms with Crippen LogP contribution in [0.25, 0.3) is 0 Å². The Morgan fingerprint density at radius 2 is 1.73 bits per heavy atom. The van der Waals surface area contributed by atoms with Crippen LogP contribution in [0.4, 0.5) is 0 Å². The van der Waals surface area contributed by atoms with E-state index in [0.29, 0.717) is 13.1 Å². The van der Waals surface area contributed by atoms with Crippen LogP contribution in [0.3, 0.4) is 0 Å². The van der Waals surface area contributed by atoms with Gasteiger partial charge in [-0.05, 0) is 56.6 Å².